The maximum absolute atomic E-state index is 11.2. The van der Waals surface area contributed by atoms with E-state index in [1.54, 1.807) is 0 Å². The average molecular weight is 173 g/mol. The third-order valence-electron chi connectivity index (χ3n) is 2.09. The largest absolute Gasteiger partial charge is 0.468 e. The van der Waals surface area contributed by atoms with Gasteiger partial charge in [-0.05, 0) is 12.5 Å². The zero-order valence-corrected chi connectivity index (χ0v) is 8.39. The van der Waals surface area contributed by atoms with Gasteiger partial charge in [-0.15, -0.1) is 0 Å². The van der Waals surface area contributed by atoms with E-state index in [9.17, 15) is 4.79 Å². The molecule has 3 nitrogen and oxygen atoms in total. The molecule has 0 saturated heterocycles. The molecule has 72 valence electrons. The number of carbonyl (C=O) groups excluding carboxylic acids is 1. The smallest absolute Gasteiger partial charge is 0.323 e. The van der Waals surface area contributed by atoms with Crippen molar-refractivity contribution in [3.63, 3.8) is 0 Å². The first kappa shape index (κ1) is 11.4. The topological polar surface area (TPSA) is 38.3 Å². The van der Waals surface area contributed by atoms with Gasteiger partial charge in [0.05, 0.1) is 7.11 Å². The van der Waals surface area contributed by atoms with Crippen LogP contribution in [0.25, 0.3) is 0 Å². The summed E-state index contributed by atoms with van der Waals surface area (Å²) in [7, 11) is 1.43. The Hall–Kier alpha value is -0.570. The molecule has 2 atom stereocenters. The summed E-state index contributed by atoms with van der Waals surface area (Å²) < 4.78 is 4.69. The molecule has 0 aliphatic heterocycles. The molecule has 0 aromatic heterocycles. The highest BCUT2D eigenvalue weighted by Crippen LogP contribution is 2.08. The summed E-state index contributed by atoms with van der Waals surface area (Å²) in [6, 6.07) is -0.148. The molecule has 0 aromatic carbocycles. The Bertz CT molecular complexity index is 136. The summed E-state index contributed by atoms with van der Waals surface area (Å²) in [6.45, 7) is 6.89. The van der Waals surface area contributed by atoms with Gasteiger partial charge in [0.1, 0.15) is 6.04 Å². The van der Waals surface area contributed by atoms with Gasteiger partial charge in [0.2, 0.25) is 0 Å². The van der Waals surface area contributed by atoms with Crippen LogP contribution in [0.4, 0.5) is 0 Å². The molecule has 1 N–H and O–H groups in total. The molecular weight excluding hydrogens is 154 g/mol. The van der Waals surface area contributed by atoms with E-state index in [2.05, 4.69) is 17.0 Å². The van der Waals surface area contributed by atoms with Gasteiger partial charge in [-0.2, -0.15) is 0 Å². The molecule has 0 radical (unpaired) electrons. The van der Waals surface area contributed by atoms with E-state index in [0.29, 0.717) is 5.92 Å². The molecular formula is C9H19NO2. The van der Waals surface area contributed by atoms with E-state index in [0.717, 1.165) is 13.0 Å². The molecule has 3 heteroatoms. The van der Waals surface area contributed by atoms with Crippen LogP contribution in [0, 0.1) is 5.92 Å². The third kappa shape index (κ3) is 3.22. The number of hydrogen-bond acceptors (Lipinski definition) is 3. The van der Waals surface area contributed by atoms with E-state index in [1.807, 2.05) is 13.8 Å². The first-order valence-corrected chi connectivity index (χ1v) is 4.48. The zero-order chi connectivity index (χ0) is 9.56. The maximum Gasteiger partial charge on any atom is 0.323 e. The van der Waals surface area contributed by atoms with Gasteiger partial charge in [0.15, 0.2) is 0 Å². The van der Waals surface area contributed by atoms with Crippen molar-refractivity contribution >= 4 is 5.97 Å². The molecule has 0 aliphatic rings. The van der Waals surface area contributed by atoms with Gasteiger partial charge in [-0.25, -0.2) is 0 Å². The van der Waals surface area contributed by atoms with Gasteiger partial charge in [0.25, 0.3) is 0 Å². The van der Waals surface area contributed by atoms with Crippen molar-refractivity contribution in [2.75, 3.05) is 13.7 Å². The summed E-state index contributed by atoms with van der Waals surface area (Å²) in [5.74, 6) is 0.170. The van der Waals surface area contributed by atoms with Gasteiger partial charge in [-0.3, -0.25) is 4.79 Å². The summed E-state index contributed by atoms with van der Waals surface area (Å²) in [6.07, 6.45) is 0.979. The SMILES string of the molecule is CCNC(C(=O)OC)C(C)CC. The highest BCUT2D eigenvalue weighted by atomic mass is 16.5. The van der Waals surface area contributed by atoms with Crippen LogP contribution in [0.15, 0.2) is 0 Å². The van der Waals surface area contributed by atoms with Crippen LogP contribution in [0.2, 0.25) is 0 Å². The minimum atomic E-state index is -0.161. The molecule has 0 bridgehead atoms. The van der Waals surface area contributed by atoms with Crippen molar-refractivity contribution in [2.45, 2.75) is 33.2 Å². The van der Waals surface area contributed by atoms with Crippen LogP contribution in [0.5, 0.6) is 0 Å². The number of rotatable bonds is 5. The first-order valence-electron chi connectivity index (χ1n) is 4.48. The summed E-state index contributed by atoms with van der Waals surface area (Å²) in [5.41, 5.74) is 0. The Balaban J connectivity index is 4.11. The van der Waals surface area contributed by atoms with Crippen LogP contribution in [-0.4, -0.2) is 25.7 Å². The standard InChI is InChI=1S/C9H19NO2/c1-5-7(3)8(10-6-2)9(11)12-4/h7-8,10H,5-6H2,1-4H3. The Labute approximate surface area is 74.5 Å². The Morgan fingerprint density at radius 2 is 2.08 bits per heavy atom. The molecule has 0 amide bonds. The quantitative estimate of drug-likeness (QED) is 0.634. The van der Waals surface area contributed by atoms with Crippen LogP contribution in [0.3, 0.4) is 0 Å². The highest BCUT2D eigenvalue weighted by Gasteiger charge is 2.22. The van der Waals surface area contributed by atoms with Crippen LogP contribution in [-0.2, 0) is 9.53 Å². The molecule has 0 aliphatic carbocycles. The second kappa shape index (κ2) is 6.00. The normalized spacial score (nSPS) is 15.3. The monoisotopic (exact) mass is 173 g/mol. The summed E-state index contributed by atoms with van der Waals surface area (Å²) in [4.78, 5) is 11.2. The fourth-order valence-corrected chi connectivity index (χ4v) is 1.10. The fourth-order valence-electron chi connectivity index (χ4n) is 1.10. The Morgan fingerprint density at radius 1 is 1.50 bits per heavy atom. The number of nitrogens with one attached hydrogen (secondary N) is 1. The minimum Gasteiger partial charge on any atom is -0.468 e. The predicted octanol–water partition coefficient (Wildman–Crippen LogP) is 1.18. The molecule has 0 rings (SSSR count). The lowest BCUT2D eigenvalue weighted by atomic mass is 9.99. The van der Waals surface area contributed by atoms with Crippen molar-refractivity contribution in [3.8, 4) is 0 Å². The molecule has 0 saturated carbocycles. The lowest BCUT2D eigenvalue weighted by molar-refractivity contribution is -0.144. The number of carbonyl (C=O) groups is 1. The van der Waals surface area contributed by atoms with Gasteiger partial charge < -0.3 is 10.1 Å². The number of methoxy groups -OCH3 is 1. The summed E-state index contributed by atoms with van der Waals surface area (Å²) in [5, 5.41) is 3.11. The number of hydrogen-bond donors (Lipinski definition) is 1. The molecule has 12 heavy (non-hydrogen) atoms. The van der Waals surface area contributed by atoms with Gasteiger partial charge in [0, 0.05) is 0 Å². The third-order valence-corrected chi connectivity index (χ3v) is 2.09. The molecule has 0 aromatic rings. The average Bonchev–Trinajstić information content (AvgIpc) is 2.11. The number of likely N-dealkylation sites (N-methyl/N-ethyl adjacent to an activating group) is 1. The predicted molar refractivity (Wildman–Crippen MR) is 48.9 cm³/mol. The van der Waals surface area contributed by atoms with Crippen LogP contribution >= 0.6 is 0 Å². The zero-order valence-electron chi connectivity index (χ0n) is 8.39. The van der Waals surface area contributed by atoms with E-state index in [4.69, 9.17) is 0 Å². The van der Waals surface area contributed by atoms with Gasteiger partial charge >= 0.3 is 5.97 Å². The fraction of sp³-hybridized carbons (Fsp3) is 0.889. The molecule has 0 heterocycles. The number of esters is 1. The van der Waals surface area contributed by atoms with Crippen LogP contribution in [0.1, 0.15) is 27.2 Å². The van der Waals surface area contributed by atoms with Crippen molar-refractivity contribution < 1.29 is 9.53 Å². The minimum absolute atomic E-state index is 0.148. The van der Waals surface area contributed by atoms with Gasteiger partial charge in [-0.1, -0.05) is 27.2 Å². The highest BCUT2D eigenvalue weighted by molar-refractivity contribution is 5.75. The molecule has 2 unspecified atom stereocenters. The van der Waals surface area contributed by atoms with E-state index in [-0.39, 0.29) is 12.0 Å². The van der Waals surface area contributed by atoms with Crippen molar-refractivity contribution in [1.82, 2.24) is 5.32 Å². The van der Waals surface area contributed by atoms with Crippen molar-refractivity contribution in [3.05, 3.63) is 0 Å². The van der Waals surface area contributed by atoms with Crippen LogP contribution < -0.4 is 5.32 Å². The Kier molecular flexibility index (Phi) is 5.72. The summed E-state index contributed by atoms with van der Waals surface area (Å²) >= 11 is 0. The van der Waals surface area contributed by atoms with E-state index >= 15 is 0 Å². The maximum atomic E-state index is 11.2. The second-order valence-corrected chi connectivity index (χ2v) is 2.94. The molecule has 0 fully saturated rings. The van der Waals surface area contributed by atoms with E-state index < -0.39 is 0 Å². The second-order valence-electron chi connectivity index (χ2n) is 2.94. The van der Waals surface area contributed by atoms with Crippen molar-refractivity contribution in [1.29, 1.82) is 0 Å². The first-order chi connectivity index (χ1) is 5.67. The Morgan fingerprint density at radius 3 is 2.42 bits per heavy atom. The number of ether oxygens (including phenoxy) is 1. The van der Waals surface area contributed by atoms with Crippen molar-refractivity contribution in [2.24, 2.45) is 5.92 Å². The lowest BCUT2D eigenvalue weighted by Crippen LogP contribution is -2.42. The van der Waals surface area contributed by atoms with E-state index in [1.165, 1.54) is 7.11 Å². The lowest BCUT2D eigenvalue weighted by Gasteiger charge is -2.20. The molecule has 0 spiro atoms.